The van der Waals surface area contributed by atoms with Crippen LogP contribution in [0.5, 0.6) is 0 Å². The molecule has 2 unspecified atom stereocenters. The van der Waals surface area contributed by atoms with E-state index >= 15 is 0 Å². The third kappa shape index (κ3) is 3.90. The molecule has 2 aromatic rings. The van der Waals surface area contributed by atoms with Crippen molar-refractivity contribution in [3.63, 3.8) is 0 Å². The predicted molar refractivity (Wildman–Crippen MR) is 88.6 cm³/mol. The van der Waals surface area contributed by atoms with Crippen LogP contribution < -0.4 is 5.32 Å². The van der Waals surface area contributed by atoms with Crippen LogP contribution in [0.4, 0.5) is 0 Å². The SMILES string of the molecule is CN1CCCC(CNC(c2ccccc2)c2cscn2)C1. The third-order valence-corrected chi connectivity index (χ3v) is 4.82. The maximum absolute atomic E-state index is 4.52. The number of rotatable bonds is 5. The number of likely N-dealkylation sites (tertiary alicyclic amines) is 1. The van der Waals surface area contributed by atoms with Crippen molar-refractivity contribution in [2.45, 2.75) is 18.9 Å². The van der Waals surface area contributed by atoms with Crippen molar-refractivity contribution in [3.05, 3.63) is 52.5 Å². The lowest BCUT2D eigenvalue weighted by Crippen LogP contribution is -2.38. The van der Waals surface area contributed by atoms with Gasteiger partial charge in [-0.05, 0) is 37.9 Å². The zero-order valence-corrected chi connectivity index (χ0v) is 13.4. The van der Waals surface area contributed by atoms with Gasteiger partial charge in [0.05, 0.1) is 17.2 Å². The monoisotopic (exact) mass is 301 g/mol. The van der Waals surface area contributed by atoms with E-state index in [2.05, 4.69) is 58.0 Å². The summed E-state index contributed by atoms with van der Waals surface area (Å²) in [6.07, 6.45) is 2.64. The summed E-state index contributed by atoms with van der Waals surface area (Å²) in [6, 6.07) is 10.9. The van der Waals surface area contributed by atoms with Gasteiger partial charge in [0.1, 0.15) is 0 Å². The normalized spacial score (nSPS) is 21.3. The van der Waals surface area contributed by atoms with E-state index in [0.29, 0.717) is 0 Å². The number of piperidine rings is 1. The minimum atomic E-state index is 0.213. The molecule has 1 aliphatic rings. The first-order chi connectivity index (χ1) is 10.3. The van der Waals surface area contributed by atoms with Crippen molar-refractivity contribution >= 4 is 11.3 Å². The molecule has 0 radical (unpaired) electrons. The number of aromatic nitrogens is 1. The summed E-state index contributed by atoms with van der Waals surface area (Å²) in [6.45, 7) is 3.50. The molecule has 0 spiro atoms. The lowest BCUT2D eigenvalue weighted by molar-refractivity contribution is 0.204. The Morgan fingerprint density at radius 1 is 1.38 bits per heavy atom. The molecule has 1 aromatic carbocycles. The van der Waals surface area contributed by atoms with E-state index in [-0.39, 0.29) is 6.04 Å². The maximum Gasteiger partial charge on any atom is 0.0795 e. The van der Waals surface area contributed by atoms with Gasteiger partial charge in [0.2, 0.25) is 0 Å². The number of hydrogen-bond acceptors (Lipinski definition) is 4. The number of nitrogens with zero attached hydrogens (tertiary/aromatic N) is 2. The quantitative estimate of drug-likeness (QED) is 0.919. The lowest BCUT2D eigenvalue weighted by Gasteiger charge is -2.31. The van der Waals surface area contributed by atoms with Crippen molar-refractivity contribution in [2.24, 2.45) is 5.92 Å². The lowest BCUT2D eigenvalue weighted by atomic mass is 9.97. The molecule has 1 fully saturated rings. The first-order valence-electron chi connectivity index (χ1n) is 7.68. The van der Waals surface area contributed by atoms with E-state index in [0.717, 1.165) is 18.2 Å². The van der Waals surface area contributed by atoms with Crippen LogP contribution in [0.25, 0.3) is 0 Å². The molecule has 0 amide bonds. The van der Waals surface area contributed by atoms with Gasteiger partial charge in [0.25, 0.3) is 0 Å². The highest BCUT2D eigenvalue weighted by molar-refractivity contribution is 7.07. The summed E-state index contributed by atoms with van der Waals surface area (Å²) >= 11 is 1.67. The number of hydrogen-bond donors (Lipinski definition) is 1. The van der Waals surface area contributed by atoms with Crippen LogP contribution in [-0.2, 0) is 0 Å². The molecule has 0 saturated carbocycles. The molecule has 21 heavy (non-hydrogen) atoms. The number of thiazole rings is 1. The van der Waals surface area contributed by atoms with Crippen LogP contribution in [0.15, 0.2) is 41.2 Å². The molecule has 1 N–H and O–H groups in total. The Bertz CT molecular complexity index is 526. The highest BCUT2D eigenvalue weighted by atomic mass is 32.1. The molecule has 112 valence electrons. The summed E-state index contributed by atoms with van der Waals surface area (Å²) in [5.41, 5.74) is 4.35. The molecular formula is C17H23N3S. The molecule has 0 aliphatic carbocycles. The van der Waals surface area contributed by atoms with E-state index in [1.165, 1.54) is 31.5 Å². The van der Waals surface area contributed by atoms with E-state index < -0.39 is 0 Å². The molecule has 2 atom stereocenters. The van der Waals surface area contributed by atoms with Crippen LogP contribution in [0, 0.1) is 5.92 Å². The molecule has 0 bridgehead atoms. The Kier molecular flexibility index (Phi) is 5.01. The molecule has 4 heteroatoms. The molecule has 3 rings (SSSR count). The fraction of sp³-hybridized carbons (Fsp3) is 0.471. The van der Waals surface area contributed by atoms with Crippen LogP contribution >= 0.6 is 11.3 Å². The Hall–Kier alpha value is -1.23. The Morgan fingerprint density at radius 2 is 2.24 bits per heavy atom. The fourth-order valence-corrected chi connectivity index (χ4v) is 3.71. The summed E-state index contributed by atoms with van der Waals surface area (Å²) in [5, 5.41) is 5.90. The minimum Gasteiger partial charge on any atom is -0.306 e. The van der Waals surface area contributed by atoms with Gasteiger partial charge in [-0.25, -0.2) is 4.98 Å². The van der Waals surface area contributed by atoms with Gasteiger partial charge in [0.15, 0.2) is 0 Å². The third-order valence-electron chi connectivity index (χ3n) is 4.21. The molecule has 1 saturated heterocycles. The van der Waals surface area contributed by atoms with Crippen LogP contribution in [-0.4, -0.2) is 36.6 Å². The highest BCUT2D eigenvalue weighted by Gasteiger charge is 2.20. The van der Waals surface area contributed by atoms with E-state index in [1.54, 1.807) is 11.3 Å². The van der Waals surface area contributed by atoms with Crippen LogP contribution in [0.2, 0.25) is 0 Å². The second-order valence-corrected chi connectivity index (χ2v) is 6.65. The van der Waals surface area contributed by atoms with Gasteiger partial charge in [-0.15, -0.1) is 11.3 Å². The standard InChI is InChI=1S/C17H23N3S/c1-20-9-5-6-14(11-20)10-18-17(16-12-21-13-19-16)15-7-3-2-4-8-15/h2-4,7-8,12-14,17-18H,5-6,9-11H2,1H3. The molecule has 1 aromatic heterocycles. The van der Waals surface area contributed by atoms with Gasteiger partial charge in [-0.2, -0.15) is 0 Å². The highest BCUT2D eigenvalue weighted by Crippen LogP contribution is 2.23. The van der Waals surface area contributed by atoms with Crippen LogP contribution in [0.3, 0.4) is 0 Å². The van der Waals surface area contributed by atoms with Crippen molar-refractivity contribution in [2.75, 3.05) is 26.7 Å². The molecule has 3 nitrogen and oxygen atoms in total. The van der Waals surface area contributed by atoms with Gasteiger partial charge < -0.3 is 10.2 Å². The van der Waals surface area contributed by atoms with Crippen molar-refractivity contribution in [3.8, 4) is 0 Å². The number of benzene rings is 1. The van der Waals surface area contributed by atoms with Crippen LogP contribution in [0.1, 0.15) is 30.1 Å². The summed E-state index contributed by atoms with van der Waals surface area (Å²) in [7, 11) is 2.22. The molecule has 1 aliphatic heterocycles. The van der Waals surface area contributed by atoms with Crippen molar-refractivity contribution in [1.29, 1.82) is 0 Å². The first kappa shape index (κ1) is 14.7. The fourth-order valence-electron chi connectivity index (χ4n) is 3.13. The van der Waals surface area contributed by atoms with Gasteiger partial charge >= 0.3 is 0 Å². The average molecular weight is 301 g/mol. The first-order valence-corrected chi connectivity index (χ1v) is 8.62. The second-order valence-electron chi connectivity index (χ2n) is 5.94. The molecule has 2 heterocycles. The smallest absolute Gasteiger partial charge is 0.0795 e. The predicted octanol–water partition coefficient (Wildman–Crippen LogP) is 3.16. The topological polar surface area (TPSA) is 28.2 Å². The Balaban J connectivity index is 1.68. The van der Waals surface area contributed by atoms with Crippen molar-refractivity contribution in [1.82, 2.24) is 15.2 Å². The zero-order valence-electron chi connectivity index (χ0n) is 12.5. The maximum atomic E-state index is 4.52. The molecular weight excluding hydrogens is 278 g/mol. The van der Waals surface area contributed by atoms with Gasteiger partial charge in [0, 0.05) is 18.5 Å². The van der Waals surface area contributed by atoms with E-state index in [4.69, 9.17) is 0 Å². The van der Waals surface area contributed by atoms with E-state index in [1.807, 2.05) is 5.51 Å². The zero-order chi connectivity index (χ0) is 14.5. The summed E-state index contributed by atoms with van der Waals surface area (Å²) in [5.74, 6) is 0.744. The summed E-state index contributed by atoms with van der Waals surface area (Å²) in [4.78, 5) is 6.96. The Morgan fingerprint density at radius 3 is 2.95 bits per heavy atom. The Labute approximate surface area is 131 Å². The van der Waals surface area contributed by atoms with E-state index in [9.17, 15) is 0 Å². The van der Waals surface area contributed by atoms with Crippen molar-refractivity contribution < 1.29 is 0 Å². The second kappa shape index (κ2) is 7.16. The average Bonchev–Trinajstić information content (AvgIpc) is 3.03. The summed E-state index contributed by atoms with van der Waals surface area (Å²) < 4.78 is 0. The largest absolute Gasteiger partial charge is 0.306 e. The number of nitrogens with one attached hydrogen (secondary N) is 1. The minimum absolute atomic E-state index is 0.213. The van der Waals surface area contributed by atoms with Gasteiger partial charge in [-0.1, -0.05) is 30.3 Å². The van der Waals surface area contributed by atoms with Gasteiger partial charge in [-0.3, -0.25) is 0 Å².